The number of anilines is 1. The molecule has 3 rings (SSSR count). The van der Waals surface area contributed by atoms with Crippen LogP contribution in [0.5, 0.6) is 0 Å². The van der Waals surface area contributed by atoms with Crippen LogP contribution >= 0.6 is 0 Å². The van der Waals surface area contributed by atoms with Crippen LogP contribution in [0.4, 0.5) is 5.69 Å². The van der Waals surface area contributed by atoms with Crippen molar-refractivity contribution in [3.8, 4) is 11.4 Å². The third-order valence-corrected chi connectivity index (χ3v) is 2.84. The van der Waals surface area contributed by atoms with Gasteiger partial charge in [-0.05, 0) is 43.2 Å². The van der Waals surface area contributed by atoms with Crippen molar-refractivity contribution in [2.75, 3.05) is 5.73 Å². The predicted molar refractivity (Wildman–Crippen MR) is 63.9 cm³/mol. The molecule has 0 radical (unpaired) electrons. The van der Waals surface area contributed by atoms with Crippen LogP contribution in [-0.2, 0) is 0 Å². The van der Waals surface area contributed by atoms with Crippen molar-refractivity contribution in [3.05, 3.63) is 42.2 Å². The monoisotopic (exact) mass is 211 g/mol. The van der Waals surface area contributed by atoms with Gasteiger partial charge in [-0.3, -0.25) is 0 Å². The molecule has 1 heterocycles. The van der Waals surface area contributed by atoms with E-state index in [1.807, 2.05) is 36.5 Å². The van der Waals surface area contributed by atoms with Crippen molar-refractivity contribution in [3.63, 3.8) is 0 Å². The second-order valence-corrected chi connectivity index (χ2v) is 4.20. The van der Waals surface area contributed by atoms with Crippen LogP contribution in [0, 0.1) is 0 Å². The van der Waals surface area contributed by atoms with E-state index in [9.17, 15) is 0 Å². The number of benzene rings is 1. The molecule has 2 aromatic rings. The Bertz CT molecular complexity index is 501. The van der Waals surface area contributed by atoms with E-state index in [1.165, 1.54) is 18.5 Å². The van der Waals surface area contributed by atoms with E-state index in [-0.39, 0.29) is 0 Å². The lowest BCUT2D eigenvalue weighted by atomic mass is 10.2. The highest BCUT2D eigenvalue weighted by atomic mass is 14.9. The molecule has 1 fully saturated rings. The van der Waals surface area contributed by atoms with E-state index in [2.05, 4.69) is 9.97 Å². The average Bonchev–Trinajstić information content (AvgIpc) is 3.14. The fraction of sp³-hybridized carbons (Fsp3) is 0.231. The molecule has 0 saturated heterocycles. The van der Waals surface area contributed by atoms with Gasteiger partial charge in [0.1, 0.15) is 0 Å². The summed E-state index contributed by atoms with van der Waals surface area (Å²) in [6.07, 6.45) is 4.36. The zero-order valence-electron chi connectivity index (χ0n) is 8.93. The summed E-state index contributed by atoms with van der Waals surface area (Å²) in [5.41, 5.74) is 8.61. The largest absolute Gasteiger partial charge is 0.399 e. The van der Waals surface area contributed by atoms with Gasteiger partial charge in [-0.25, -0.2) is 9.97 Å². The summed E-state index contributed by atoms with van der Waals surface area (Å²) in [4.78, 5) is 8.88. The van der Waals surface area contributed by atoms with E-state index in [4.69, 9.17) is 5.73 Å². The van der Waals surface area contributed by atoms with Crippen molar-refractivity contribution < 1.29 is 0 Å². The summed E-state index contributed by atoms with van der Waals surface area (Å²) in [5.74, 6) is 1.46. The predicted octanol–water partition coefficient (Wildman–Crippen LogP) is 2.60. The highest BCUT2D eigenvalue weighted by molar-refractivity contribution is 5.58. The van der Waals surface area contributed by atoms with Gasteiger partial charge < -0.3 is 5.73 Å². The van der Waals surface area contributed by atoms with Gasteiger partial charge in [-0.1, -0.05) is 0 Å². The molecule has 80 valence electrons. The molecule has 1 aromatic carbocycles. The van der Waals surface area contributed by atoms with Gasteiger partial charge in [-0.2, -0.15) is 0 Å². The van der Waals surface area contributed by atoms with Gasteiger partial charge in [-0.15, -0.1) is 0 Å². The first kappa shape index (κ1) is 9.33. The number of rotatable bonds is 2. The molecule has 2 N–H and O–H groups in total. The fourth-order valence-electron chi connectivity index (χ4n) is 1.75. The quantitative estimate of drug-likeness (QED) is 0.777. The zero-order valence-corrected chi connectivity index (χ0v) is 8.93. The third kappa shape index (κ3) is 1.76. The van der Waals surface area contributed by atoms with Crippen molar-refractivity contribution >= 4 is 5.69 Å². The van der Waals surface area contributed by atoms with Crippen LogP contribution in [0.1, 0.15) is 24.5 Å². The number of nitrogens with two attached hydrogens (primary N) is 1. The minimum atomic E-state index is 0.663. The van der Waals surface area contributed by atoms with Gasteiger partial charge in [0.15, 0.2) is 5.82 Å². The van der Waals surface area contributed by atoms with E-state index in [0.717, 1.165) is 17.1 Å². The van der Waals surface area contributed by atoms with Gasteiger partial charge in [0.25, 0.3) is 0 Å². The van der Waals surface area contributed by atoms with E-state index in [0.29, 0.717) is 5.92 Å². The molecule has 1 aliphatic carbocycles. The van der Waals surface area contributed by atoms with Crippen LogP contribution in [0.3, 0.4) is 0 Å². The maximum Gasteiger partial charge on any atom is 0.159 e. The van der Waals surface area contributed by atoms with Crippen molar-refractivity contribution in [1.82, 2.24) is 9.97 Å². The minimum absolute atomic E-state index is 0.663. The second-order valence-electron chi connectivity index (χ2n) is 4.20. The lowest BCUT2D eigenvalue weighted by Gasteiger charge is -2.02. The molecule has 0 atom stereocenters. The SMILES string of the molecule is Nc1ccc(-c2nccc(C3CC3)n2)cc1. The lowest BCUT2D eigenvalue weighted by molar-refractivity contribution is 0.994. The van der Waals surface area contributed by atoms with E-state index >= 15 is 0 Å². The molecule has 3 heteroatoms. The Morgan fingerprint density at radius 1 is 1.06 bits per heavy atom. The summed E-state index contributed by atoms with van der Waals surface area (Å²) in [6.45, 7) is 0. The van der Waals surface area contributed by atoms with Crippen molar-refractivity contribution in [2.24, 2.45) is 0 Å². The fourth-order valence-corrected chi connectivity index (χ4v) is 1.75. The van der Waals surface area contributed by atoms with Gasteiger partial charge in [0, 0.05) is 29.1 Å². The molecule has 0 spiro atoms. The van der Waals surface area contributed by atoms with Gasteiger partial charge >= 0.3 is 0 Å². The molecule has 1 aliphatic rings. The van der Waals surface area contributed by atoms with Crippen LogP contribution in [0.15, 0.2) is 36.5 Å². The van der Waals surface area contributed by atoms with Crippen LogP contribution in [-0.4, -0.2) is 9.97 Å². The highest BCUT2D eigenvalue weighted by Gasteiger charge is 2.25. The summed E-state index contributed by atoms with van der Waals surface area (Å²) >= 11 is 0. The Labute approximate surface area is 94.4 Å². The second kappa shape index (κ2) is 3.59. The summed E-state index contributed by atoms with van der Waals surface area (Å²) in [5, 5.41) is 0. The highest BCUT2D eigenvalue weighted by Crippen LogP contribution is 2.39. The normalized spacial score (nSPS) is 15.0. The first-order valence-corrected chi connectivity index (χ1v) is 5.52. The summed E-state index contributed by atoms with van der Waals surface area (Å²) in [6, 6.07) is 9.69. The molecule has 0 bridgehead atoms. The average molecular weight is 211 g/mol. The van der Waals surface area contributed by atoms with Crippen LogP contribution in [0.25, 0.3) is 11.4 Å². The molecule has 16 heavy (non-hydrogen) atoms. The first-order chi connectivity index (χ1) is 7.83. The lowest BCUT2D eigenvalue weighted by Crippen LogP contribution is -1.93. The van der Waals surface area contributed by atoms with Crippen LogP contribution in [0.2, 0.25) is 0 Å². The smallest absolute Gasteiger partial charge is 0.159 e. The Morgan fingerprint density at radius 2 is 1.81 bits per heavy atom. The number of hydrogen-bond acceptors (Lipinski definition) is 3. The zero-order chi connectivity index (χ0) is 11.0. The number of nitrogen functional groups attached to an aromatic ring is 1. The molecule has 0 amide bonds. The first-order valence-electron chi connectivity index (χ1n) is 5.52. The van der Waals surface area contributed by atoms with Crippen molar-refractivity contribution in [1.29, 1.82) is 0 Å². The summed E-state index contributed by atoms with van der Waals surface area (Å²) in [7, 11) is 0. The molecule has 0 aliphatic heterocycles. The van der Waals surface area contributed by atoms with Crippen LogP contribution < -0.4 is 5.73 Å². The third-order valence-electron chi connectivity index (χ3n) is 2.84. The number of aromatic nitrogens is 2. The topological polar surface area (TPSA) is 51.8 Å². The van der Waals surface area contributed by atoms with Crippen molar-refractivity contribution in [2.45, 2.75) is 18.8 Å². The molecule has 1 aromatic heterocycles. The van der Waals surface area contributed by atoms with Gasteiger partial charge in [0.2, 0.25) is 0 Å². The Hall–Kier alpha value is -1.90. The Balaban J connectivity index is 1.98. The Morgan fingerprint density at radius 3 is 2.50 bits per heavy atom. The Kier molecular flexibility index (Phi) is 2.10. The molecular weight excluding hydrogens is 198 g/mol. The maximum absolute atomic E-state index is 5.65. The number of nitrogens with zero attached hydrogens (tertiary/aromatic N) is 2. The number of hydrogen-bond donors (Lipinski definition) is 1. The maximum atomic E-state index is 5.65. The molecular formula is C13H13N3. The summed E-state index contributed by atoms with van der Waals surface area (Å²) < 4.78 is 0. The minimum Gasteiger partial charge on any atom is -0.399 e. The van der Waals surface area contributed by atoms with Gasteiger partial charge in [0.05, 0.1) is 0 Å². The van der Waals surface area contributed by atoms with E-state index in [1.54, 1.807) is 0 Å². The molecule has 0 unspecified atom stereocenters. The molecule has 1 saturated carbocycles. The molecule has 3 nitrogen and oxygen atoms in total. The standard InChI is InChI=1S/C13H13N3/c14-11-5-3-10(4-6-11)13-15-8-7-12(16-13)9-1-2-9/h3-9H,1-2,14H2. The van der Waals surface area contributed by atoms with E-state index < -0.39 is 0 Å².